The molecule has 0 aliphatic carbocycles. The van der Waals surface area contributed by atoms with E-state index in [9.17, 15) is 14.4 Å². The highest BCUT2D eigenvalue weighted by Gasteiger charge is 2.30. The second-order valence-corrected chi connectivity index (χ2v) is 8.64. The molecule has 7 nitrogen and oxygen atoms in total. The van der Waals surface area contributed by atoms with Crippen molar-refractivity contribution in [2.75, 3.05) is 36.0 Å². The normalized spacial score (nSPS) is 14.3. The Hall–Kier alpha value is -4.51. The summed E-state index contributed by atoms with van der Waals surface area (Å²) in [5.74, 6) is -1.22. The number of hydrogen-bond donors (Lipinski definition) is 1. The number of carbonyl (C=O) groups is 1. The summed E-state index contributed by atoms with van der Waals surface area (Å²) < 4.78 is 13.3. The second-order valence-electron chi connectivity index (χ2n) is 8.64. The standard InChI is InChI=1S/C28H25FN6O/c29-21-10-12-22(13-11-21)34-14-16-35(17-15-34)27-26(32-24-8-4-5-9-25(24)33-27)23(18-30)28(36)31-19-20-6-2-1-3-7-20/h1-13,23H,14-17,19H2,(H,31,36)/t23-/m1/s1. The Morgan fingerprint density at radius 1 is 0.889 bits per heavy atom. The average Bonchev–Trinajstić information content (AvgIpc) is 2.93. The van der Waals surface area contributed by atoms with Crippen molar-refractivity contribution in [2.24, 2.45) is 0 Å². The molecule has 1 saturated heterocycles. The number of anilines is 2. The summed E-state index contributed by atoms with van der Waals surface area (Å²) in [5, 5.41) is 12.9. The molecule has 1 N–H and O–H groups in total. The van der Waals surface area contributed by atoms with Gasteiger partial charge in [0.2, 0.25) is 5.91 Å². The molecule has 0 bridgehead atoms. The Bertz CT molecular complexity index is 1400. The maximum absolute atomic E-state index is 13.3. The lowest BCUT2D eigenvalue weighted by atomic mass is 10.0. The zero-order valence-corrected chi connectivity index (χ0v) is 19.6. The number of nitrogens with zero attached hydrogens (tertiary/aromatic N) is 5. The van der Waals surface area contributed by atoms with E-state index in [1.165, 1.54) is 12.1 Å². The van der Waals surface area contributed by atoms with Crippen LogP contribution in [0.4, 0.5) is 15.9 Å². The van der Waals surface area contributed by atoms with E-state index in [2.05, 4.69) is 21.2 Å². The zero-order valence-electron chi connectivity index (χ0n) is 19.6. The van der Waals surface area contributed by atoms with Crippen molar-refractivity contribution < 1.29 is 9.18 Å². The third-order valence-corrected chi connectivity index (χ3v) is 6.32. The SMILES string of the molecule is N#C[C@@H](C(=O)NCc1ccccc1)c1nc2ccccc2nc1N1CCN(c2ccc(F)cc2)CC1. The number of amides is 1. The van der Waals surface area contributed by atoms with E-state index in [4.69, 9.17) is 9.97 Å². The Labute approximate surface area is 208 Å². The molecule has 180 valence electrons. The number of carbonyl (C=O) groups excluding carboxylic acids is 1. The van der Waals surface area contributed by atoms with E-state index in [0.717, 1.165) is 11.3 Å². The minimum atomic E-state index is -1.10. The van der Waals surface area contributed by atoms with Gasteiger partial charge in [0.05, 0.1) is 17.1 Å². The number of halogens is 1. The minimum absolute atomic E-state index is 0.262. The number of nitriles is 1. The molecule has 0 unspecified atom stereocenters. The summed E-state index contributed by atoms with van der Waals surface area (Å²) in [6.07, 6.45) is 0. The zero-order chi connectivity index (χ0) is 24.9. The number of nitrogens with one attached hydrogen (secondary N) is 1. The first kappa shape index (κ1) is 23.2. The van der Waals surface area contributed by atoms with Crippen LogP contribution in [-0.4, -0.2) is 42.1 Å². The molecule has 4 aromatic rings. The summed E-state index contributed by atoms with van der Waals surface area (Å²) in [7, 11) is 0. The molecule has 0 radical (unpaired) electrons. The van der Waals surface area contributed by atoms with Crippen molar-refractivity contribution in [2.45, 2.75) is 12.5 Å². The van der Waals surface area contributed by atoms with E-state index in [1.54, 1.807) is 12.1 Å². The van der Waals surface area contributed by atoms with E-state index in [-0.39, 0.29) is 5.82 Å². The van der Waals surface area contributed by atoms with Crippen molar-refractivity contribution in [3.8, 4) is 6.07 Å². The maximum Gasteiger partial charge on any atom is 0.243 e. The van der Waals surface area contributed by atoms with Crippen molar-refractivity contribution >= 4 is 28.4 Å². The molecule has 2 heterocycles. The van der Waals surface area contributed by atoms with E-state index < -0.39 is 11.8 Å². The second kappa shape index (κ2) is 10.4. The molecule has 3 aromatic carbocycles. The summed E-state index contributed by atoms with van der Waals surface area (Å²) in [6, 6.07) is 25.6. The fourth-order valence-corrected chi connectivity index (χ4v) is 4.39. The van der Waals surface area contributed by atoms with Crippen LogP contribution < -0.4 is 15.1 Å². The van der Waals surface area contributed by atoms with Crippen LogP contribution in [0.25, 0.3) is 11.0 Å². The molecule has 1 aliphatic rings. The van der Waals surface area contributed by atoms with Gasteiger partial charge in [-0.05, 0) is 42.0 Å². The highest BCUT2D eigenvalue weighted by molar-refractivity contribution is 5.88. The quantitative estimate of drug-likeness (QED) is 0.449. The van der Waals surface area contributed by atoms with Gasteiger partial charge in [0.15, 0.2) is 11.7 Å². The van der Waals surface area contributed by atoms with Crippen molar-refractivity contribution in [3.05, 3.63) is 95.9 Å². The van der Waals surface area contributed by atoms with Crippen LogP contribution in [-0.2, 0) is 11.3 Å². The first-order valence-electron chi connectivity index (χ1n) is 11.9. The third-order valence-electron chi connectivity index (χ3n) is 6.32. The monoisotopic (exact) mass is 480 g/mol. The number of para-hydroxylation sites is 2. The molecule has 0 saturated carbocycles. The molecule has 1 amide bonds. The Morgan fingerprint density at radius 3 is 2.17 bits per heavy atom. The molecule has 1 aromatic heterocycles. The van der Waals surface area contributed by atoms with Crippen LogP contribution in [0.5, 0.6) is 0 Å². The van der Waals surface area contributed by atoms with Gasteiger partial charge in [0.25, 0.3) is 0 Å². The van der Waals surface area contributed by atoms with Gasteiger partial charge in [-0.3, -0.25) is 4.79 Å². The van der Waals surface area contributed by atoms with Crippen LogP contribution in [0.1, 0.15) is 17.2 Å². The summed E-state index contributed by atoms with van der Waals surface area (Å²) in [6.45, 7) is 2.96. The number of piperazine rings is 1. The van der Waals surface area contributed by atoms with E-state index >= 15 is 0 Å². The minimum Gasteiger partial charge on any atom is -0.368 e. The van der Waals surface area contributed by atoms with Crippen molar-refractivity contribution in [3.63, 3.8) is 0 Å². The number of rotatable bonds is 6. The highest BCUT2D eigenvalue weighted by atomic mass is 19.1. The lowest BCUT2D eigenvalue weighted by molar-refractivity contribution is -0.121. The van der Waals surface area contributed by atoms with Gasteiger partial charge in [0.1, 0.15) is 11.5 Å². The van der Waals surface area contributed by atoms with Crippen molar-refractivity contribution in [1.29, 1.82) is 5.26 Å². The summed E-state index contributed by atoms with van der Waals surface area (Å²) in [4.78, 5) is 27.0. The van der Waals surface area contributed by atoms with Gasteiger partial charge in [-0.25, -0.2) is 14.4 Å². The van der Waals surface area contributed by atoms with Crippen LogP contribution in [0, 0.1) is 17.1 Å². The molecular formula is C28H25FN6O. The van der Waals surface area contributed by atoms with Gasteiger partial charge in [-0.1, -0.05) is 42.5 Å². The molecule has 0 spiro atoms. The van der Waals surface area contributed by atoms with Crippen LogP contribution in [0.3, 0.4) is 0 Å². The maximum atomic E-state index is 13.3. The predicted molar refractivity (Wildman–Crippen MR) is 137 cm³/mol. The van der Waals surface area contributed by atoms with Gasteiger partial charge in [0, 0.05) is 38.4 Å². The molecule has 36 heavy (non-hydrogen) atoms. The molecule has 1 atom stereocenters. The van der Waals surface area contributed by atoms with Crippen LogP contribution in [0.2, 0.25) is 0 Å². The predicted octanol–water partition coefficient (Wildman–Crippen LogP) is 4.02. The topological polar surface area (TPSA) is 85.1 Å². The number of hydrogen-bond acceptors (Lipinski definition) is 6. The van der Waals surface area contributed by atoms with Crippen molar-refractivity contribution in [1.82, 2.24) is 15.3 Å². The summed E-state index contributed by atoms with van der Waals surface area (Å²) >= 11 is 0. The molecule has 5 rings (SSSR count). The first-order valence-corrected chi connectivity index (χ1v) is 11.9. The molecule has 1 fully saturated rings. The number of fused-ring (bicyclic) bond motifs is 1. The third kappa shape index (κ3) is 4.96. The highest BCUT2D eigenvalue weighted by Crippen LogP contribution is 2.29. The van der Waals surface area contributed by atoms with Gasteiger partial charge in [-0.2, -0.15) is 5.26 Å². The Kier molecular flexibility index (Phi) is 6.72. The molecule has 8 heteroatoms. The fourth-order valence-electron chi connectivity index (χ4n) is 4.39. The van der Waals surface area contributed by atoms with Gasteiger partial charge in [-0.15, -0.1) is 0 Å². The summed E-state index contributed by atoms with van der Waals surface area (Å²) in [5.41, 5.74) is 3.60. The van der Waals surface area contributed by atoms with E-state index in [0.29, 0.717) is 55.3 Å². The smallest absolute Gasteiger partial charge is 0.243 e. The number of benzene rings is 3. The molecule has 1 aliphatic heterocycles. The Balaban J connectivity index is 1.41. The first-order chi connectivity index (χ1) is 17.6. The van der Waals surface area contributed by atoms with Crippen LogP contribution >= 0.6 is 0 Å². The largest absolute Gasteiger partial charge is 0.368 e. The van der Waals surface area contributed by atoms with Gasteiger partial charge >= 0.3 is 0 Å². The lowest BCUT2D eigenvalue weighted by Crippen LogP contribution is -2.47. The van der Waals surface area contributed by atoms with E-state index in [1.807, 2.05) is 54.6 Å². The van der Waals surface area contributed by atoms with Crippen LogP contribution in [0.15, 0.2) is 78.9 Å². The fraction of sp³-hybridized carbons (Fsp3) is 0.214. The lowest BCUT2D eigenvalue weighted by Gasteiger charge is -2.37. The van der Waals surface area contributed by atoms with Gasteiger partial charge < -0.3 is 15.1 Å². The number of aromatic nitrogens is 2. The average molecular weight is 481 g/mol. The Morgan fingerprint density at radius 2 is 1.50 bits per heavy atom. The molecular weight excluding hydrogens is 455 g/mol.